The Morgan fingerprint density at radius 3 is 2.46 bits per heavy atom. The summed E-state index contributed by atoms with van der Waals surface area (Å²) >= 11 is 1.58. The molecule has 0 spiro atoms. The zero-order valence-electron chi connectivity index (χ0n) is 15.9. The molecule has 1 aromatic carbocycles. The van der Waals surface area contributed by atoms with E-state index in [-0.39, 0.29) is 23.2 Å². The summed E-state index contributed by atoms with van der Waals surface area (Å²) in [5.74, 6) is 0.128. The van der Waals surface area contributed by atoms with Gasteiger partial charge >= 0.3 is 0 Å². The third kappa shape index (κ3) is 4.74. The molecule has 1 aliphatic rings. The molecule has 0 radical (unpaired) electrons. The predicted molar refractivity (Wildman–Crippen MR) is 113 cm³/mol. The second kappa shape index (κ2) is 8.50. The highest BCUT2D eigenvalue weighted by Gasteiger charge is 2.26. The average Bonchev–Trinajstić information content (AvgIpc) is 3.15. The Bertz CT molecular complexity index is 985. The molecule has 0 saturated carbocycles. The first kappa shape index (κ1) is 21.3. The van der Waals surface area contributed by atoms with Gasteiger partial charge in [-0.3, -0.25) is 4.31 Å². The van der Waals surface area contributed by atoms with Gasteiger partial charge in [0.2, 0.25) is 20.0 Å². The van der Waals surface area contributed by atoms with Gasteiger partial charge in [-0.25, -0.2) is 21.6 Å². The topological polar surface area (TPSA) is 86.8 Å². The number of rotatable bonds is 7. The molecule has 1 aromatic heterocycles. The average molecular weight is 444 g/mol. The van der Waals surface area contributed by atoms with Crippen molar-refractivity contribution in [1.29, 1.82) is 0 Å². The van der Waals surface area contributed by atoms with Crippen LogP contribution >= 0.6 is 11.3 Å². The largest absolute Gasteiger partial charge is 0.300 e. The maximum atomic E-state index is 12.7. The Morgan fingerprint density at radius 2 is 1.89 bits per heavy atom. The minimum absolute atomic E-state index is 0.0625. The van der Waals surface area contributed by atoms with E-state index in [0.717, 1.165) is 11.3 Å². The highest BCUT2D eigenvalue weighted by molar-refractivity contribution is 7.92. The van der Waals surface area contributed by atoms with Crippen LogP contribution in [0.2, 0.25) is 0 Å². The van der Waals surface area contributed by atoms with Gasteiger partial charge in [0, 0.05) is 18.0 Å². The summed E-state index contributed by atoms with van der Waals surface area (Å²) in [5.41, 5.74) is 0.503. The van der Waals surface area contributed by atoms with Crippen LogP contribution < -0.4 is 9.03 Å². The van der Waals surface area contributed by atoms with Crippen LogP contribution in [-0.4, -0.2) is 54.7 Å². The van der Waals surface area contributed by atoms with Crippen molar-refractivity contribution in [3.8, 4) is 0 Å². The summed E-state index contributed by atoms with van der Waals surface area (Å²) in [6.45, 7) is 0.677. The highest BCUT2D eigenvalue weighted by atomic mass is 32.2. The molecule has 0 bridgehead atoms. The fraction of sp³-hybridized carbons (Fsp3) is 0.444. The molecular formula is C18H25N3O4S3. The van der Waals surface area contributed by atoms with Crippen molar-refractivity contribution < 1.29 is 16.8 Å². The molecule has 28 heavy (non-hydrogen) atoms. The second-order valence-corrected chi connectivity index (χ2v) is 11.7. The van der Waals surface area contributed by atoms with Crippen molar-refractivity contribution >= 4 is 37.1 Å². The lowest BCUT2D eigenvalue weighted by atomic mass is 10.2. The minimum atomic E-state index is -3.70. The summed E-state index contributed by atoms with van der Waals surface area (Å²) in [5, 5.41) is 1.97. The van der Waals surface area contributed by atoms with Crippen LogP contribution in [0.15, 0.2) is 46.7 Å². The number of sulfonamides is 2. The zero-order valence-corrected chi connectivity index (χ0v) is 18.4. The highest BCUT2D eigenvalue weighted by Crippen LogP contribution is 2.26. The molecular weight excluding hydrogens is 418 g/mol. The molecule has 7 nitrogen and oxygen atoms in total. The monoisotopic (exact) mass is 443 g/mol. The van der Waals surface area contributed by atoms with E-state index in [4.69, 9.17) is 0 Å². The van der Waals surface area contributed by atoms with Gasteiger partial charge in [-0.2, -0.15) is 0 Å². The number of nitrogens with one attached hydrogen (secondary N) is 1. The molecule has 1 atom stereocenters. The Hall–Kier alpha value is -1.46. The van der Waals surface area contributed by atoms with E-state index in [0.29, 0.717) is 18.7 Å². The van der Waals surface area contributed by atoms with E-state index in [1.54, 1.807) is 23.5 Å². The fourth-order valence-electron chi connectivity index (χ4n) is 3.16. The lowest BCUT2D eigenvalue weighted by Crippen LogP contribution is -2.37. The van der Waals surface area contributed by atoms with Crippen LogP contribution in [0.1, 0.15) is 23.8 Å². The van der Waals surface area contributed by atoms with Crippen LogP contribution in [0, 0.1) is 0 Å². The smallest absolute Gasteiger partial charge is 0.240 e. The second-order valence-electron chi connectivity index (χ2n) is 6.94. The maximum absolute atomic E-state index is 12.7. The molecule has 1 N–H and O–H groups in total. The molecule has 154 valence electrons. The SMILES string of the molecule is CN(C)C(CNS(=O)(=O)c1ccc(N2CCCCS2(=O)=O)cc1)c1cccs1. The Balaban J connectivity index is 1.73. The van der Waals surface area contributed by atoms with Gasteiger partial charge in [-0.1, -0.05) is 6.07 Å². The third-order valence-electron chi connectivity index (χ3n) is 4.75. The lowest BCUT2D eigenvalue weighted by Gasteiger charge is -2.28. The van der Waals surface area contributed by atoms with E-state index >= 15 is 0 Å². The number of hydrogen-bond acceptors (Lipinski definition) is 6. The molecule has 1 aliphatic heterocycles. The third-order valence-corrected chi connectivity index (χ3v) is 9.03. The van der Waals surface area contributed by atoms with Crippen LogP contribution in [0.25, 0.3) is 0 Å². The summed E-state index contributed by atoms with van der Waals surface area (Å²) in [6, 6.07) is 9.89. The number of hydrogen-bond donors (Lipinski definition) is 1. The lowest BCUT2D eigenvalue weighted by molar-refractivity contribution is 0.303. The van der Waals surface area contributed by atoms with Crippen LogP contribution in [0.5, 0.6) is 0 Å². The summed E-state index contributed by atoms with van der Waals surface area (Å²) < 4.78 is 53.8. The molecule has 1 unspecified atom stereocenters. The molecule has 1 fully saturated rings. The van der Waals surface area contributed by atoms with Crippen molar-refractivity contribution in [1.82, 2.24) is 9.62 Å². The van der Waals surface area contributed by atoms with Gasteiger partial charge in [-0.05, 0) is 62.6 Å². The van der Waals surface area contributed by atoms with Gasteiger partial charge in [0.25, 0.3) is 0 Å². The molecule has 1 saturated heterocycles. The number of benzene rings is 1. The van der Waals surface area contributed by atoms with Crippen molar-refractivity contribution in [2.24, 2.45) is 0 Å². The van der Waals surface area contributed by atoms with Crippen molar-refractivity contribution in [3.63, 3.8) is 0 Å². The number of thiophene rings is 1. The molecule has 0 aliphatic carbocycles. The zero-order chi connectivity index (χ0) is 20.4. The molecule has 2 heterocycles. The van der Waals surface area contributed by atoms with Crippen LogP contribution in [0.3, 0.4) is 0 Å². The van der Waals surface area contributed by atoms with E-state index in [2.05, 4.69) is 4.72 Å². The molecule has 2 aromatic rings. The van der Waals surface area contributed by atoms with Crippen molar-refractivity contribution in [2.75, 3.05) is 37.2 Å². The summed E-state index contributed by atoms with van der Waals surface area (Å²) in [7, 11) is -3.19. The molecule has 3 rings (SSSR count). The van der Waals surface area contributed by atoms with Gasteiger partial charge in [-0.15, -0.1) is 11.3 Å². The molecule has 10 heteroatoms. The normalized spacial score (nSPS) is 18.3. The van der Waals surface area contributed by atoms with E-state index in [9.17, 15) is 16.8 Å². The minimum Gasteiger partial charge on any atom is -0.300 e. The van der Waals surface area contributed by atoms with Gasteiger partial charge in [0.05, 0.1) is 22.4 Å². The fourth-order valence-corrected chi connectivity index (χ4v) is 6.76. The Morgan fingerprint density at radius 1 is 1.18 bits per heavy atom. The van der Waals surface area contributed by atoms with Crippen molar-refractivity contribution in [3.05, 3.63) is 46.7 Å². The van der Waals surface area contributed by atoms with E-state index in [1.165, 1.54) is 16.4 Å². The predicted octanol–water partition coefficient (Wildman–Crippen LogP) is 2.26. The Kier molecular flexibility index (Phi) is 6.45. The van der Waals surface area contributed by atoms with Gasteiger partial charge in [0.15, 0.2) is 0 Å². The Labute approximate surface area is 171 Å². The van der Waals surface area contributed by atoms with Crippen LogP contribution in [-0.2, 0) is 20.0 Å². The number of anilines is 1. The first-order chi connectivity index (χ1) is 13.2. The number of likely N-dealkylation sites (N-methyl/N-ethyl adjacent to an activating group) is 1. The first-order valence-electron chi connectivity index (χ1n) is 9.01. The standard InChI is InChI=1S/C18H25N3O4S3/c1-20(2)17(18-6-5-12-26-18)14-19-28(24,25)16-9-7-15(8-10-16)21-11-3-4-13-27(21,22)23/h5-10,12,17,19H,3-4,11,13-14H2,1-2H3. The van der Waals surface area contributed by atoms with E-state index in [1.807, 2.05) is 36.5 Å². The van der Waals surface area contributed by atoms with Gasteiger partial charge in [0.1, 0.15) is 0 Å². The van der Waals surface area contributed by atoms with Gasteiger partial charge < -0.3 is 4.90 Å². The first-order valence-corrected chi connectivity index (χ1v) is 13.0. The van der Waals surface area contributed by atoms with Crippen LogP contribution in [0.4, 0.5) is 5.69 Å². The molecule has 0 amide bonds. The number of nitrogens with zero attached hydrogens (tertiary/aromatic N) is 2. The van der Waals surface area contributed by atoms with Crippen molar-refractivity contribution in [2.45, 2.75) is 23.8 Å². The quantitative estimate of drug-likeness (QED) is 0.709. The summed E-state index contributed by atoms with van der Waals surface area (Å²) in [6.07, 6.45) is 1.46. The summed E-state index contributed by atoms with van der Waals surface area (Å²) in [4.78, 5) is 3.17. The maximum Gasteiger partial charge on any atom is 0.240 e. The van der Waals surface area contributed by atoms with E-state index < -0.39 is 20.0 Å².